The predicted molar refractivity (Wildman–Crippen MR) is 115 cm³/mol. The van der Waals surface area contributed by atoms with Crippen LogP contribution in [-0.4, -0.2) is 52.6 Å². The lowest BCUT2D eigenvalue weighted by Crippen LogP contribution is -2.47. The first-order valence-electron chi connectivity index (χ1n) is 10.5. The summed E-state index contributed by atoms with van der Waals surface area (Å²) < 4.78 is 54.7. The highest BCUT2D eigenvalue weighted by atomic mass is 19.2. The Morgan fingerprint density at radius 3 is 2.56 bits per heavy atom. The van der Waals surface area contributed by atoms with Gasteiger partial charge in [0, 0.05) is 62.0 Å². The Labute approximate surface area is 181 Å². The molecule has 0 spiro atoms. The van der Waals surface area contributed by atoms with Gasteiger partial charge in [-0.3, -0.25) is 9.88 Å². The molecule has 9 heteroatoms. The van der Waals surface area contributed by atoms with Crippen molar-refractivity contribution in [1.29, 1.82) is 0 Å². The second-order valence-corrected chi connectivity index (χ2v) is 8.18. The maximum atomic E-state index is 14.0. The van der Waals surface area contributed by atoms with E-state index in [0.717, 1.165) is 48.8 Å². The SMILES string of the molecule is CC(CN1CCN(c2ccnc3ccc(F)cc23)CC1)c1nc2c(F)c(F)c(F)cc2[nH]1. The molecule has 1 aliphatic heterocycles. The van der Waals surface area contributed by atoms with E-state index in [2.05, 4.69) is 24.8 Å². The number of halogens is 4. The summed E-state index contributed by atoms with van der Waals surface area (Å²) in [4.78, 5) is 15.9. The van der Waals surface area contributed by atoms with E-state index in [0.29, 0.717) is 12.4 Å². The van der Waals surface area contributed by atoms with E-state index in [1.807, 2.05) is 13.0 Å². The Hall–Kier alpha value is -3.20. The number of fused-ring (bicyclic) bond motifs is 2. The van der Waals surface area contributed by atoms with E-state index in [-0.39, 0.29) is 22.8 Å². The number of nitrogens with one attached hydrogen (secondary N) is 1. The van der Waals surface area contributed by atoms with Gasteiger partial charge in [0.1, 0.15) is 17.2 Å². The third kappa shape index (κ3) is 3.66. The number of benzene rings is 2. The van der Waals surface area contributed by atoms with Crippen LogP contribution in [0.3, 0.4) is 0 Å². The van der Waals surface area contributed by atoms with Crippen LogP contribution >= 0.6 is 0 Å². The minimum atomic E-state index is -1.51. The molecule has 1 atom stereocenters. The van der Waals surface area contributed by atoms with Crippen molar-refractivity contribution in [3.63, 3.8) is 0 Å². The summed E-state index contributed by atoms with van der Waals surface area (Å²) >= 11 is 0. The molecule has 1 saturated heterocycles. The fraction of sp³-hybridized carbons (Fsp3) is 0.304. The van der Waals surface area contributed by atoms with Crippen molar-refractivity contribution in [3.8, 4) is 0 Å². The first kappa shape index (κ1) is 20.7. The molecular formula is C23H21F4N5. The van der Waals surface area contributed by atoms with Crippen molar-refractivity contribution in [3.05, 3.63) is 65.6 Å². The summed E-state index contributed by atoms with van der Waals surface area (Å²) in [5.74, 6) is -3.91. The van der Waals surface area contributed by atoms with Gasteiger partial charge in [-0.15, -0.1) is 0 Å². The molecule has 166 valence electrons. The Morgan fingerprint density at radius 2 is 1.78 bits per heavy atom. The van der Waals surface area contributed by atoms with Crippen LogP contribution in [0.15, 0.2) is 36.5 Å². The first-order valence-corrected chi connectivity index (χ1v) is 10.5. The molecular weight excluding hydrogens is 422 g/mol. The zero-order valence-electron chi connectivity index (χ0n) is 17.4. The molecule has 0 aliphatic carbocycles. The lowest BCUT2D eigenvalue weighted by molar-refractivity contribution is 0.244. The lowest BCUT2D eigenvalue weighted by atomic mass is 10.1. The average molecular weight is 443 g/mol. The number of pyridine rings is 1. The van der Waals surface area contributed by atoms with Crippen LogP contribution in [0.5, 0.6) is 0 Å². The van der Waals surface area contributed by atoms with Gasteiger partial charge in [-0.05, 0) is 24.3 Å². The number of imidazole rings is 1. The maximum Gasteiger partial charge on any atom is 0.196 e. The number of aromatic amines is 1. The van der Waals surface area contributed by atoms with Crippen LogP contribution < -0.4 is 4.90 Å². The summed E-state index contributed by atoms with van der Waals surface area (Å²) in [6, 6.07) is 7.43. The summed E-state index contributed by atoms with van der Waals surface area (Å²) in [6.45, 7) is 5.67. The normalized spacial score (nSPS) is 16.2. The van der Waals surface area contributed by atoms with Gasteiger partial charge in [0.15, 0.2) is 17.5 Å². The van der Waals surface area contributed by atoms with Crippen molar-refractivity contribution in [1.82, 2.24) is 19.9 Å². The van der Waals surface area contributed by atoms with Gasteiger partial charge in [0.25, 0.3) is 0 Å². The lowest BCUT2D eigenvalue weighted by Gasteiger charge is -2.37. The fourth-order valence-corrected chi connectivity index (χ4v) is 4.33. The summed E-state index contributed by atoms with van der Waals surface area (Å²) in [7, 11) is 0. The molecule has 0 saturated carbocycles. The quantitative estimate of drug-likeness (QED) is 0.370. The van der Waals surface area contributed by atoms with Gasteiger partial charge >= 0.3 is 0 Å². The average Bonchev–Trinajstić information content (AvgIpc) is 3.22. The Bertz CT molecular complexity index is 1300. The van der Waals surface area contributed by atoms with Crippen LogP contribution in [0.1, 0.15) is 18.7 Å². The number of H-pyrrole nitrogens is 1. The molecule has 2 aromatic carbocycles. The number of hydrogen-bond acceptors (Lipinski definition) is 4. The molecule has 1 aliphatic rings. The van der Waals surface area contributed by atoms with Gasteiger partial charge in [0.2, 0.25) is 0 Å². The smallest absolute Gasteiger partial charge is 0.196 e. The monoisotopic (exact) mass is 443 g/mol. The standard InChI is InChI=1S/C23H21F4N5/c1-13(23-29-18-11-16(25)20(26)21(27)22(18)30-23)12-31-6-8-32(9-7-31)19-4-5-28-17-3-2-14(24)10-15(17)19/h2-5,10-11,13H,6-9,12H2,1H3,(H,29,30). The molecule has 1 fully saturated rings. The van der Waals surface area contributed by atoms with E-state index in [1.165, 1.54) is 12.1 Å². The zero-order valence-corrected chi connectivity index (χ0v) is 17.4. The van der Waals surface area contributed by atoms with Crippen LogP contribution in [0.2, 0.25) is 0 Å². The number of hydrogen-bond donors (Lipinski definition) is 1. The van der Waals surface area contributed by atoms with Gasteiger partial charge in [-0.1, -0.05) is 6.92 Å². The molecule has 4 aromatic rings. The summed E-state index contributed by atoms with van der Waals surface area (Å²) in [5, 5.41) is 0.790. The third-order valence-corrected chi connectivity index (χ3v) is 6.02. The van der Waals surface area contributed by atoms with Gasteiger partial charge in [-0.2, -0.15) is 0 Å². The van der Waals surface area contributed by atoms with Crippen molar-refractivity contribution < 1.29 is 17.6 Å². The Kier molecular flexibility index (Phi) is 5.21. The number of anilines is 1. The third-order valence-electron chi connectivity index (χ3n) is 6.02. The molecule has 32 heavy (non-hydrogen) atoms. The zero-order chi connectivity index (χ0) is 22.4. The van der Waals surface area contributed by atoms with Gasteiger partial charge in [-0.25, -0.2) is 22.5 Å². The molecule has 1 N–H and O–H groups in total. The van der Waals surface area contributed by atoms with E-state index in [4.69, 9.17) is 0 Å². The van der Waals surface area contributed by atoms with Crippen molar-refractivity contribution >= 4 is 27.6 Å². The number of piperazine rings is 1. The van der Waals surface area contributed by atoms with Crippen LogP contribution in [0.4, 0.5) is 23.2 Å². The molecule has 5 nitrogen and oxygen atoms in total. The van der Waals surface area contributed by atoms with Crippen molar-refractivity contribution in [2.75, 3.05) is 37.6 Å². The summed E-state index contributed by atoms with van der Waals surface area (Å²) in [5.41, 5.74) is 1.67. The maximum absolute atomic E-state index is 14.0. The molecule has 0 radical (unpaired) electrons. The highest BCUT2D eigenvalue weighted by Gasteiger charge is 2.23. The minimum Gasteiger partial charge on any atom is -0.368 e. The van der Waals surface area contributed by atoms with E-state index in [1.54, 1.807) is 12.3 Å². The van der Waals surface area contributed by atoms with Crippen LogP contribution in [-0.2, 0) is 0 Å². The highest BCUT2D eigenvalue weighted by molar-refractivity contribution is 5.91. The largest absolute Gasteiger partial charge is 0.368 e. The number of nitrogens with zero attached hydrogens (tertiary/aromatic N) is 4. The number of rotatable bonds is 4. The second kappa shape index (κ2) is 8.05. The van der Waals surface area contributed by atoms with E-state index >= 15 is 0 Å². The summed E-state index contributed by atoms with van der Waals surface area (Å²) in [6.07, 6.45) is 1.73. The molecule has 5 rings (SSSR count). The van der Waals surface area contributed by atoms with Crippen LogP contribution in [0.25, 0.3) is 21.9 Å². The fourth-order valence-electron chi connectivity index (χ4n) is 4.33. The molecule has 0 bridgehead atoms. The molecule has 1 unspecified atom stereocenters. The van der Waals surface area contributed by atoms with Gasteiger partial charge in [0.05, 0.1) is 11.0 Å². The molecule has 0 amide bonds. The second-order valence-electron chi connectivity index (χ2n) is 8.18. The molecule has 2 aromatic heterocycles. The van der Waals surface area contributed by atoms with Crippen LogP contribution in [0, 0.1) is 23.3 Å². The van der Waals surface area contributed by atoms with Crippen molar-refractivity contribution in [2.24, 2.45) is 0 Å². The van der Waals surface area contributed by atoms with Crippen molar-refractivity contribution in [2.45, 2.75) is 12.8 Å². The minimum absolute atomic E-state index is 0.0877. The van der Waals surface area contributed by atoms with E-state index < -0.39 is 17.5 Å². The Morgan fingerprint density at radius 1 is 1.00 bits per heavy atom. The predicted octanol–water partition coefficient (Wildman–Crippen LogP) is 4.59. The number of aromatic nitrogens is 3. The molecule has 3 heterocycles. The highest BCUT2D eigenvalue weighted by Crippen LogP contribution is 2.28. The van der Waals surface area contributed by atoms with E-state index in [9.17, 15) is 17.6 Å². The van der Waals surface area contributed by atoms with Gasteiger partial charge < -0.3 is 9.88 Å². The topological polar surface area (TPSA) is 48.1 Å². The first-order chi connectivity index (χ1) is 15.4. The Balaban J connectivity index is 1.28.